The molecule has 8 nitrogen and oxygen atoms in total. The number of ether oxygens (including phenoxy) is 1. The van der Waals surface area contributed by atoms with E-state index in [1.807, 2.05) is 56.0 Å². The maximum Gasteiger partial charge on any atom is 0.408 e. The third-order valence-electron chi connectivity index (χ3n) is 5.88. The SMILES string of the molecule is CC(C)(C)C[C@H](NC(=O)OCc1ccccc1)C(=O)NC(CC(=O)O)CN1CCc2cc(F)ccc21. The number of amides is 2. The van der Waals surface area contributed by atoms with Crippen LogP contribution in [0, 0.1) is 11.2 Å². The molecule has 9 heteroatoms. The Morgan fingerprint density at radius 1 is 1.11 bits per heavy atom. The normalized spacial score (nSPS) is 14.5. The van der Waals surface area contributed by atoms with Crippen molar-refractivity contribution >= 4 is 23.7 Å². The van der Waals surface area contributed by atoms with Gasteiger partial charge in [-0.05, 0) is 47.6 Å². The Balaban J connectivity index is 1.67. The number of alkyl carbamates (subject to hydrolysis) is 1. The van der Waals surface area contributed by atoms with E-state index in [2.05, 4.69) is 10.6 Å². The molecule has 0 radical (unpaired) electrons. The van der Waals surface area contributed by atoms with Crippen LogP contribution in [0.25, 0.3) is 0 Å². The molecule has 0 saturated heterocycles. The van der Waals surface area contributed by atoms with E-state index in [0.29, 0.717) is 19.4 Å². The lowest BCUT2D eigenvalue weighted by Crippen LogP contribution is -2.53. The summed E-state index contributed by atoms with van der Waals surface area (Å²) in [6.07, 6.45) is -0.0550. The Hall–Kier alpha value is -3.62. The molecule has 0 fully saturated rings. The molecule has 0 aromatic heterocycles. The average molecular weight is 500 g/mol. The van der Waals surface area contributed by atoms with Crippen molar-refractivity contribution in [2.24, 2.45) is 5.41 Å². The van der Waals surface area contributed by atoms with E-state index in [-0.39, 0.29) is 30.8 Å². The first-order valence-electron chi connectivity index (χ1n) is 12.0. The van der Waals surface area contributed by atoms with Gasteiger partial charge in [-0.3, -0.25) is 9.59 Å². The van der Waals surface area contributed by atoms with Gasteiger partial charge in [0, 0.05) is 18.8 Å². The van der Waals surface area contributed by atoms with Crippen LogP contribution < -0.4 is 15.5 Å². The van der Waals surface area contributed by atoms with Crippen molar-refractivity contribution < 1.29 is 28.6 Å². The quantitative estimate of drug-likeness (QED) is 0.458. The Morgan fingerprint density at radius 2 is 1.83 bits per heavy atom. The molecule has 194 valence electrons. The number of carbonyl (C=O) groups excluding carboxylic acids is 2. The van der Waals surface area contributed by atoms with Crippen LogP contribution in [0.2, 0.25) is 0 Å². The summed E-state index contributed by atoms with van der Waals surface area (Å²) in [7, 11) is 0. The molecule has 2 atom stereocenters. The lowest BCUT2D eigenvalue weighted by atomic mass is 9.87. The molecule has 2 amide bonds. The molecule has 0 aliphatic carbocycles. The molecule has 0 spiro atoms. The Kier molecular flexibility index (Phi) is 8.90. The maximum absolute atomic E-state index is 13.6. The maximum atomic E-state index is 13.6. The average Bonchev–Trinajstić information content (AvgIpc) is 3.18. The summed E-state index contributed by atoms with van der Waals surface area (Å²) >= 11 is 0. The fourth-order valence-corrected chi connectivity index (χ4v) is 4.30. The molecule has 36 heavy (non-hydrogen) atoms. The minimum Gasteiger partial charge on any atom is -0.481 e. The number of benzene rings is 2. The van der Waals surface area contributed by atoms with E-state index in [1.165, 1.54) is 12.1 Å². The first kappa shape index (κ1) is 27.0. The number of carboxylic acids is 1. The zero-order chi connectivity index (χ0) is 26.3. The van der Waals surface area contributed by atoms with Gasteiger partial charge in [0.15, 0.2) is 0 Å². The summed E-state index contributed by atoms with van der Waals surface area (Å²) in [5.74, 6) is -1.85. The van der Waals surface area contributed by atoms with Gasteiger partial charge in [-0.25, -0.2) is 9.18 Å². The third kappa shape index (κ3) is 8.25. The largest absolute Gasteiger partial charge is 0.481 e. The molecule has 3 rings (SSSR count). The number of carboxylic acid groups (broad SMARTS) is 1. The van der Waals surface area contributed by atoms with Gasteiger partial charge in [0.1, 0.15) is 18.5 Å². The number of carbonyl (C=O) groups is 3. The van der Waals surface area contributed by atoms with E-state index in [9.17, 15) is 23.9 Å². The van der Waals surface area contributed by atoms with Gasteiger partial charge in [-0.15, -0.1) is 0 Å². The molecule has 1 unspecified atom stereocenters. The highest BCUT2D eigenvalue weighted by molar-refractivity contribution is 5.86. The van der Waals surface area contributed by atoms with E-state index in [4.69, 9.17) is 4.74 Å². The number of rotatable bonds is 10. The molecule has 1 aliphatic heterocycles. The molecule has 1 heterocycles. The zero-order valence-electron chi connectivity index (χ0n) is 20.9. The van der Waals surface area contributed by atoms with Crippen molar-refractivity contribution in [1.29, 1.82) is 0 Å². The summed E-state index contributed by atoms with van der Waals surface area (Å²) < 4.78 is 18.9. The van der Waals surface area contributed by atoms with Crippen molar-refractivity contribution in [2.45, 2.75) is 58.7 Å². The van der Waals surface area contributed by atoms with Crippen molar-refractivity contribution in [2.75, 3.05) is 18.0 Å². The Labute approximate surface area is 210 Å². The lowest BCUT2D eigenvalue weighted by molar-refractivity contribution is -0.137. The standard InChI is InChI=1S/C27H34FN3O5/c1-27(2,3)15-22(30-26(35)36-17-18-7-5-4-6-8-18)25(34)29-21(14-24(32)33)16-31-12-11-19-13-20(28)9-10-23(19)31/h4-10,13,21-22H,11-12,14-17H2,1-3H3,(H,29,34)(H,30,35)(H,32,33)/t21?,22-/m0/s1. The van der Waals surface area contributed by atoms with Crippen molar-refractivity contribution in [1.82, 2.24) is 10.6 Å². The van der Waals surface area contributed by atoms with Crippen molar-refractivity contribution in [3.05, 3.63) is 65.5 Å². The van der Waals surface area contributed by atoms with Crippen molar-refractivity contribution in [3.8, 4) is 0 Å². The predicted molar refractivity (Wildman–Crippen MR) is 134 cm³/mol. The summed E-state index contributed by atoms with van der Waals surface area (Å²) in [6.45, 7) is 6.74. The Morgan fingerprint density at radius 3 is 2.50 bits per heavy atom. The van der Waals surface area contributed by atoms with Crippen LogP contribution in [0.15, 0.2) is 48.5 Å². The number of anilines is 1. The van der Waals surface area contributed by atoms with E-state index >= 15 is 0 Å². The number of fused-ring (bicyclic) bond motifs is 1. The van der Waals surface area contributed by atoms with Crippen LogP contribution in [0.1, 0.15) is 44.7 Å². The van der Waals surface area contributed by atoms with Gasteiger partial charge in [-0.2, -0.15) is 0 Å². The zero-order valence-corrected chi connectivity index (χ0v) is 20.9. The highest BCUT2D eigenvalue weighted by Gasteiger charge is 2.31. The van der Waals surface area contributed by atoms with E-state index in [1.54, 1.807) is 6.07 Å². The number of hydrogen-bond acceptors (Lipinski definition) is 5. The second-order valence-corrected chi connectivity index (χ2v) is 10.3. The third-order valence-corrected chi connectivity index (χ3v) is 5.88. The van der Waals surface area contributed by atoms with E-state index < -0.39 is 30.1 Å². The fraction of sp³-hybridized carbons (Fsp3) is 0.444. The number of nitrogens with one attached hydrogen (secondary N) is 2. The number of hydrogen-bond donors (Lipinski definition) is 3. The molecule has 2 aromatic rings. The first-order chi connectivity index (χ1) is 17.0. The molecule has 0 saturated carbocycles. The monoisotopic (exact) mass is 499 g/mol. The van der Waals surface area contributed by atoms with Crippen LogP contribution in [-0.2, 0) is 27.4 Å². The summed E-state index contributed by atoms with van der Waals surface area (Å²) in [6, 6.07) is 12.1. The van der Waals surface area contributed by atoms with Gasteiger partial charge in [0.2, 0.25) is 5.91 Å². The summed E-state index contributed by atoms with van der Waals surface area (Å²) in [5.41, 5.74) is 2.20. The van der Waals surface area contributed by atoms with Crippen LogP contribution >= 0.6 is 0 Å². The second kappa shape index (κ2) is 11.9. The number of nitrogens with zero attached hydrogens (tertiary/aromatic N) is 1. The minimum absolute atomic E-state index is 0.0626. The summed E-state index contributed by atoms with van der Waals surface area (Å²) in [5, 5.41) is 14.9. The topological polar surface area (TPSA) is 108 Å². The van der Waals surface area contributed by atoms with Gasteiger partial charge < -0.3 is 25.4 Å². The first-order valence-corrected chi connectivity index (χ1v) is 12.0. The molecule has 1 aliphatic rings. The van der Waals surface area contributed by atoms with Gasteiger partial charge >= 0.3 is 12.1 Å². The van der Waals surface area contributed by atoms with Gasteiger partial charge in [0.25, 0.3) is 0 Å². The smallest absolute Gasteiger partial charge is 0.408 e. The molecular formula is C27H34FN3O5. The molecule has 3 N–H and O–H groups in total. The second-order valence-electron chi connectivity index (χ2n) is 10.3. The lowest BCUT2D eigenvalue weighted by Gasteiger charge is -2.30. The highest BCUT2D eigenvalue weighted by atomic mass is 19.1. The van der Waals surface area contributed by atoms with Gasteiger partial charge in [0.05, 0.1) is 12.5 Å². The fourth-order valence-electron chi connectivity index (χ4n) is 4.30. The van der Waals surface area contributed by atoms with Crippen LogP contribution in [0.5, 0.6) is 0 Å². The highest BCUT2D eigenvalue weighted by Crippen LogP contribution is 2.29. The van der Waals surface area contributed by atoms with Crippen LogP contribution in [0.3, 0.4) is 0 Å². The molecule has 2 aromatic carbocycles. The minimum atomic E-state index is -1.05. The van der Waals surface area contributed by atoms with Crippen LogP contribution in [0.4, 0.5) is 14.9 Å². The molecular weight excluding hydrogens is 465 g/mol. The number of aliphatic carboxylic acids is 1. The molecule has 0 bridgehead atoms. The Bertz CT molecular complexity index is 1070. The van der Waals surface area contributed by atoms with E-state index in [0.717, 1.165) is 16.8 Å². The van der Waals surface area contributed by atoms with Gasteiger partial charge in [-0.1, -0.05) is 51.1 Å². The number of halogens is 1. The van der Waals surface area contributed by atoms with Crippen LogP contribution in [-0.4, -0.2) is 48.2 Å². The van der Waals surface area contributed by atoms with Crippen molar-refractivity contribution in [3.63, 3.8) is 0 Å². The summed E-state index contributed by atoms with van der Waals surface area (Å²) in [4.78, 5) is 39.2. The predicted octanol–water partition coefficient (Wildman–Crippen LogP) is 3.88.